The van der Waals surface area contributed by atoms with Gasteiger partial charge in [0.05, 0.1) is 21.7 Å². The maximum Gasteiger partial charge on any atom is 0.260 e. The number of nitrogens with zero attached hydrogens (tertiary/aromatic N) is 3. The van der Waals surface area contributed by atoms with Crippen LogP contribution >= 0.6 is 22.9 Å². The first kappa shape index (κ1) is 27.3. The largest absolute Gasteiger partial charge is 0.279 e. The number of fused-ring (bicyclic) bond motifs is 1. The Morgan fingerprint density at radius 2 is 1.70 bits per heavy atom. The van der Waals surface area contributed by atoms with E-state index in [0.717, 1.165) is 34.2 Å². The zero-order chi connectivity index (χ0) is 26.6. The fourth-order valence-corrected chi connectivity index (χ4v) is 6.72. The maximum atomic E-state index is 13.8. The molecule has 0 saturated heterocycles. The van der Waals surface area contributed by atoms with Gasteiger partial charge >= 0.3 is 0 Å². The van der Waals surface area contributed by atoms with E-state index in [0.29, 0.717) is 35.4 Å². The summed E-state index contributed by atoms with van der Waals surface area (Å²) in [7, 11) is -3.63. The van der Waals surface area contributed by atoms with Crippen molar-refractivity contribution in [3.8, 4) is 0 Å². The van der Waals surface area contributed by atoms with Gasteiger partial charge in [0.15, 0.2) is 5.13 Å². The Balaban J connectivity index is 1.69. The van der Waals surface area contributed by atoms with Crippen LogP contribution in [-0.4, -0.2) is 36.7 Å². The summed E-state index contributed by atoms with van der Waals surface area (Å²) in [5, 5.41) is 1.18. The highest BCUT2D eigenvalue weighted by atomic mass is 35.5. The van der Waals surface area contributed by atoms with Gasteiger partial charge < -0.3 is 0 Å². The lowest BCUT2D eigenvalue weighted by molar-refractivity contribution is 0.0985. The van der Waals surface area contributed by atoms with Gasteiger partial charge in [0.25, 0.3) is 5.91 Å². The summed E-state index contributed by atoms with van der Waals surface area (Å²) in [5.74, 6) is -0.256. The highest BCUT2D eigenvalue weighted by Gasteiger charge is 2.25. The second kappa shape index (κ2) is 11.7. The first-order valence-electron chi connectivity index (χ1n) is 12.3. The Morgan fingerprint density at radius 1 is 1.00 bits per heavy atom. The van der Waals surface area contributed by atoms with Gasteiger partial charge in [-0.3, -0.25) is 9.69 Å². The van der Waals surface area contributed by atoms with E-state index in [4.69, 9.17) is 16.6 Å². The summed E-state index contributed by atoms with van der Waals surface area (Å²) >= 11 is 7.73. The number of carbonyl (C=O) groups excluding carboxylic acids is 1. The molecule has 1 aromatic heterocycles. The monoisotopic (exact) mass is 555 g/mol. The molecule has 37 heavy (non-hydrogen) atoms. The standard InChI is InChI=1S/C28H30ClN3O3S2/c1-4-6-18-31(5-2)37(34,35)23-14-12-22(13-15-23)27(33)32(19-21-10-8-7-9-11-21)28-30-26-20(3)24(29)16-17-25(26)36-28/h7-17H,4-6,18-19H2,1-3H3. The number of aryl methyl sites for hydroxylation is 1. The van der Waals surface area contributed by atoms with E-state index in [9.17, 15) is 13.2 Å². The van der Waals surface area contributed by atoms with Gasteiger partial charge in [-0.25, -0.2) is 13.4 Å². The van der Waals surface area contributed by atoms with Crippen molar-refractivity contribution in [2.45, 2.75) is 45.1 Å². The molecule has 6 nitrogen and oxygen atoms in total. The molecule has 1 amide bonds. The van der Waals surface area contributed by atoms with E-state index in [-0.39, 0.29) is 10.8 Å². The first-order chi connectivity index (χ1) is 17.8. The molecule has 0 atom stereocenters. The number of unbranched alkanes of at least 4 members (excludes halogenated alkanes) is 1. The van der Waals surface area contributed by atoms with Crippen LogP contribution in [0.1, 0.15) is 48.2 Å². The van der Waals surface area contributed by atoms with Gasteiger partial charge in [0, 0.05) is 23.7 Å². The molecule has 0 N–H and O–H groups in total. The van der Waals surface area contributed by atoms with Gasteiger partial charge in [-0.2, -0.15) is 4.31 Å². The Labute approximate surface area is 227 Å². The number of aromatic nitrogens is 1. The average molecular weight is 556 g/mol. The summed E-state index contributed by atoms with van der Waals surface area (Å²) in [6.45, 7) is 6.98. The third kappa shape index (κ3) is 5.88. The van der Waals surface area contributed by atoms with Crippen LogP contribution in [0.15, 0.2) is 71.6 Å². The molecule has 0 aliphatic rings. The number of carbonyl (C=O) groups is 1. The number of anilines is 1. The van der Waals surface area contributed by atoms with Crippen LogP contribution in [0, 0.1) is 6.92 Å². The average Bonchev–Trinajstić information content (AvgIpc) is 3.35. The Kier molecular flexibility index (Phi) is 8.64. The van der Waals surface area contributed by atoms with Crippen molar-refractivity contribution in [3.63, 3.8) is 0 Å². The summed E-state index contributed by atoms with van der Waals surface area (Å²) in [6, 6.07) is 19.6. The van der Waals surface area contributed by atoms with Gasteiger partial charge in [-0.15, -0.1) is 0 Å². The molecule has 0 aliphatic heterocycles. The summed E-state index contributed by atoms with van der Waals surface area (Å²) in [6.07, 6.45) is 1.71. The molecule has 4 aromatic rings. The molecule has 0 fully saturated rings. The molecule has 0 radical (unpaired) electrons. The summed E-state index contributed by atoms with van der Waals surface area (Å²) in [4.78, 5) is 20.4. The Morgan fingerprint density at radius 3 is 2.35 bits per heavy atom. The minimum Gasteiger partial charge on any atom is -0.279 e. The highest BCUT2D eigenvalue weighted by Crippen LogP contribution is 2.35. The zero-order valence-electron chi connectivity index (χ0n) is 21.1. The topological polar surface area (TPSA) is 70.6 Å². The predicted octanol–water partition coefficient (Wildman–Crippen LogP) is 6.92. The molecule has 0 spiro atoms. The molecular formula is C28H30ClN3O3S2. The van der Waals surface area contributed by atoms with Crippen LogP contribution in [0.5, 0.6) is 0 Å². The van der Waals surface area contributed by atoms with Crippen molar-refractivity contribution in [2.75, 3.05) is 18.0 Å². The van der Waals surface area contributed by atoms with E-state index in [1.807, 2.05) is 63.2 Å². The van der Waals surface area contributed by atoms with Crippen LogP contribution < -0.4 is 4.90 Å². The number of amides is 1. The molecule has 0 unspecified atom stereocenters. The predicted molar refractivity (Wildman–Crippen MR) is 152 cm³/mol. The number of rotatable bonds is 10. The highest BCUT2D eigenvalue weighted by molar-refractivity contribution is 7.89. The summed E-state index contributed by atoms with van der Waals surface area (Å²) in [5.41, 5.74) is 2.98. The van der Waals surface area contributed by atoms with E-state index < -0.39 is 10.0 Å². The lowest BCUT2D eigenvalue weighted by Crippen LogP contribution is -2.32. The third-order valence-electron chi connectivity index (χ3n) is 6.25. The molecule has 3 aromatic carbocycles. The Hall–Kier alpha value is -2.78. The van der Waals surface area contributed by atoms with Crippen molar-refractivity contribution in [2.24, 2.45) is 0 Å². The fraction of sp³-hybridized carbons (Fsp3) is 0.286. The normalized spacial score (nSPS) is 11.8. The SMILES string of the molecule is CCCCN(CC)S(=O)(=O)c1ccc(C(=O)N(Cc2ccccc2)c2nc3c(C)c(Cl)ccc3s2)cc1. The molecule has 9 heteroatoms. The molecule has 0 aliphatic carbocycles. The smallest absolute Gasteiger partial charge is 0.260 e. The number of halogens is 1. The van der Waals surface area contributed by atoms with Crippen molar-refractivity contribution < 1.29 is 13.2 Å². The van der Waals surface area contributed by atoms with Crippen LogP contribution in [0.3, 0.4) is 0 Å². The van der Waals surface area contributed by atoms with Gasteiger partial charge in [-0.1, -0.05) is 73.5 Å². The minimum absolute atomic E-state index is 0.182. The quantitative estimate of drug-likeness (QED) is 0.213. The lowest BCUT2D eigenvalue weighted by Gasteiger charge is -2.22. The number of sulfonamides is 1. The minimum atomic E-state index is -3.63. The molecule has 1 heterocycles. The Bertz CT molecular complexity index is 1490. The number of hydrogen-bond donors (Lipinski definition) is 0. The van der Waals surface area contributed by atoms with Crippen LogP contribution in [-0.2, 0) is 16.6 Å². The van der Waals surface area contributed by atoms with Crippen molar-refractivity contribution in [1.82, 2.24) is 9.29 Å². The number of benzene rings is 3. The lowest BCUT2D eigenvalue weighted by atomic mass is 10.1. The second-order valence-corrected chi connectivity index (χ2v) is 12.1. The van der Waals surface area contributed by atoms with E-state index in [1.165, 1.54) is 27.8 Å². The van der Waals surface area contributed by atoms with Crippen LogP contribution in [0.2, 0.25) is 5.02 Å². The zero-order valence-corrected chi connectivity index (χ0v) is 23.5. The van der Waals surface area contributed by atoms with Crippen molar-refractivity contribution in [1.29, 1.82) is 0 Å². The van der Waals surface area contributed by atoms with E-state index in [2.05, 4.69) is 0 Å². The number of hydrogen-bond acceptors (Lipinski definition) is 5. The molecule has 0 saturated carbocycles. The third-order valence-corrected chi connectivity index (χ3v) is 9.69. The van der Waals surface area contributed by atoms with Crippen LogP contribution in [0.25, 0.3) is 10.2 Å². The number of thiazole rings is 1. The van der Waals surface area contributed by atoms with Crippen molar-refractivity contribution >= 4 is 54.2 Å². The first-order valence-corrected chi connectivity index (χ1v) is 14.9. The van der Waals surface area contributed by atoms with Gasteiger partial charge in [-0.05, 0) is 60.9 Å². The van der Waals surface area contributed by atoms with Crippen molar-refractivity contribution in [3.05, 3.63) is 88.4 Å². The fourth-order valence-electron chi connectivity index (χ4n) is 4.05. The molecule has 0 bridgehead atoms. The maximum absolute atomic E-state index is 13.8. The van der Waals surface area contributed by atoms with E-state index in [1.54, 1.807) is 17.0 Å². The van der Waals surface area contributed by atoms with Crippen LogP contribution in [0.4, 0.5) is 5.13 Å². The van der Waals surface area contributed by atoms with Gasteiger partial charge in [0.2, 0.25) is 10.0 Å². The van der Waals surface area contributed by atoms with E-state index >= 15 is 0 Å². The molecule has 194 valence electrons. The second-order valence-electron chi connectivity index (χ2n) is 8.77. The molecule has 4 rings (SSSR count). The molecular weight excluding hydrogens is 526 g/mol. The van der Waals surface area contributed by atoms with Gasteiger partial charge in [0.1, 0.15) is 0 Å². The summed E-state index contributed by atoms with van der Waals surface area (Å²) < 4.78 is 28.7.